The molecule has 0 fully saturated rings. The van der Waals surface area contributed by atoms with Crippen molar-refractivity contribution < 1.29 is 4.74 Å². The van der Waals surface area contributed by atoms with Crippen molar-refractivity contribution in [3.05, 3.63) is 42.4 Å². The Morgan fingerprint density at radius 1 is 1.33 bits per heavy atom. The van der Waals surface area contributed by atoms with E-state index in [4.69, 9.17) is 10.5 Å². The van der Waals surface area contributed by atoms with Gasteiger partial charge in [0, 0.05) is 12.0 Å². The van der Waals surface area contributed by atoms with Gasteiger partial charge in [-0.25, -0.2) is 9.97 Å². The fourth-order valence-electron chi connectivity index (χ4n) is 2.12. The Bertz CT molecular complexity index is 558. The molecule has 0 bridgehead atoms. The zero-order valence-corrected chi connectivity index (χ0v) is 9.84. The maximum atomic E-state index is 5.84. The van der Waals surface area contributed by atoms with E-state index in [9.17, 15) is 0 Å². The Hall–Kier alpha value is -2.30. The van der Waals surface area contributed by atoms with Gasteiger partial charge < -0.3 is 15.8 Å². The Labute approximate surface area is 105 Å². The number of nitrogens with one attached hydrogen (secondary N) is 1. The summed E-state index contributed by atoms with van der Waals surface area (Å²) in [5, 5.41) is 3.35. The molecule has 0 amide bonds. The molecular formula is C13H14N4O. The van der Waals surface area contributed by atoms with Crippen LogP contribution in [0.2, 0.25) is 0 Å². The number of hydrogen-bond donors (Lipinski definition) is 2. The van der Waals surface area contributed by atoms with Crippen LogP contribution in [0.15, 0.2) is 36.8 Å². The number of nitrogen functional groups attached to an aromatic ring is 1. The quantitative estimate of drug-likeness (QED) is 0.842. The summed E-state index contributed by atoms with van der Waals surface area (Å²) in [5.74, 6) is 1.60. The number of rotatable bonds is 2. The van der Waals surface area contributed by atoms with Gasteiger partial charge in [0.1, 0.15) is 12.1 Å². The molecule has 92 valence electrons. The summed E-state index contributed by atoms with van der Waals surface area (Å²) in [5.41, 5.74) is 7.54. The molecule has 0 saturated heterocycles. The lowest BCUT2D eigenvalue weighted by Gasteiger charge is -2.27. The Morgan fingerprint density at radius 3 is 3.11 bits per heavy atom. The van der Waals surface area contributed by atoms with Gasteiger partial charge in [-0.2, -0.15) is 0 Å². The van der Waals surface area contributed by atoms with Crippen molar-refractivity contribution in [1.29, 1.82) is 0 Å². The molecule has 5 nitrogen and oxygen atoms in total. The molecule has 0 radical (unpaired) electrons. The first kappa shape index (κ1) is 10.8. The summed E-state index contributed by atoms with van der Waals surface area (Å²) in [7, 11) is 0. The van der Waals surface area contributed by atoms with Crippen molar-refractivity contribution in [2.45, 2.75) is 12.5 Å². The summed E-state index contributed by atoms with van der Waals surface area (Å²) in [6.07, 6.45) is 3.98. The van der Waals surface area contributed by atoms with E-state index in [1.807, 2.05) is 18.2 Å². The highest BCUT2D eigenvalue weighted by atomic mass is 16.5. The predicted molar refractivity (Wildman–Crippen MR) is 69.4 cm³/mol. The van der Waals surface area contributed by atoms with Gasteiger partial charge >= 0.3 is 0 Å². The lowest BCUT2D eigenvalue weighted by atomic mass is 10.0. The molecule has 2 aromatic rings. The predicted octanol–water partition coefficient (Wildman–Crippen LogP) is 1.99. The van der Waals surface area contributed by atoms with Gasteiger partial charge in [-0.15, -0.1) is 0 Å². The summed E-state index contributed by atoms with van der Waals surface area (Å²) in [6, 6.07) is 8.19. The van der Waals surface area contributed by atoms with Crippen LogP contribution >= 0.6 is 0 Å². The zero-order valence-electron chi connectivity index (χ0n) is 9.84. The van der Waals surface area contributed by atoms with Gasteiger partial charge in [0.2, 0.25) is 0 Å². The Balaban J connectivity index is 1.89. The standard InChI is InChI=1S/C13H14N4O/c14-10-7-15-8-16-13(10)17-11-5-6-18-12-4-2-1-3-9(11)12/h1-4,7-8,11H,5-6,14H2,(H,15,16,17). The van der Waals surface area contributed by atoms with Crippen molar-refractivity contribution in [3.63, 3.8) is 0 Å². The van der Waals surface area contributed by atoms with E-state index in [0.29, 0.717) is 18.1 Å². The lowest BCUT2D eigenvalue weighted by molar-refractivity contribution is 0.274. The normalized spacial score (nSPS) is 17.7. The number of ether oxygens (including phenoxy) is 1. The second-order valence-corrected chi connectivity index (χ2v) is 4.20. The average molecular weight is 242 g/mol. The van der Waals surface area contributed by atoms with Crippen LogP contribution in [0.25, 0.3) is 0 Å². The van der Waals surface area contributed by atoms with Gasteiger partial charge in [-0.05, 0) is 6.07 Å². The van der Waals surface area contributed by atoms with Crippen LogP contribution in [-0.4, -0.2) is 16.6 Å². The van der Waals surface area contributed by atoms with Gasteiger partial charge in [-0.1, -0.05) is 18.2 Å². The molecule has 1 aliphatic heterocycles. The highest BCUT2D eigenvalue weighted by molar-refractivity contribution is 5.60. The summed E-state index contributed by atoms with van der Waals surface area (Å²) >= 11 is 0. The van der Waals surface area contributed by atoms with Crippen LogP contribution in [-0.2, 0) is 0 Å². The molecular weight excluding hydrogens is 228 g/mol. The van der Waals surface area contributed by atoms with Crippen LogP contribution in [0, 0.1) is 0 Å². The number of benzene rings is 1. The summed E-state index contributed by atoms with van der Waals surface area (Å²) in [4.78, 5) is 8.04. The van der Waals surface area contributed by atoms with Crippen molar-refractivity contribution in [2.24, 2.45) is 0 Å². The number of anilines is 2. The zero-order chi connectivity index (χ0) is 12.4. The number of aromatic nitrogens is 2. The third-order valence-corrected chi connectivity index (χ3v) is 3.01. The maximum Gasteiger partial charge on any atom is 0.153 e. The number of hydrogen-bond acceptors (Lipinski definition) is 5. The third-order valence-electron chi connectivity index (χ3n) is 3.01. The van der Waals surface area contributed by atoms with E-state index in [-0.39, 0.29) is 6.04 Å². The van der Waals surface area contributed by atoms with Crippen molar-refractivity contribution in [1.82, 2.24) is 9.97 Å². The van der Waals surface area contributed by atoms with Crippen LogP contribution < -0.4 is 15.8 Å². The molecule has 1 unspecified atom stereocenters. The van der Waals surface area contributed by atoms with Crippen LogP contribution in [0.4, 0.5) is 11.5 Å². The van der Waals surface area contributed by atoms with Crippen molar-refractivity contribution in [3.8, 4) is 5.75 Å². The summed E-state index contributed by atoms with van der Waals surface area (Å²) < 4.78 is 5.62. The van der Waals surface area contributed by atoms with Crippen molar-refractivity contribution in [2.75, 3.05) is 17.7 Å². The minimum atomic E-state index is 0.173. The van der Waals surface area contributed by atoms with Gasteiger partial charge in [-0.3, -0.25) is 0 Å². The number of nitrogens with two attached hydrogens (primary N) is 1. The molecule has 3 rings (SSSR count). The fourth-order valence-corrected chi connectivity index (χ4v) is 2.12. The molecule has 1 aliphatic rings. The third kappa shape index (κ3) is 1.95. The molecule has 2 heterocycles. The van der Waals surface area contributed by atoms with E-state index in [2.05, 4.69) is 21.4 Å². The van der Waals surface area contributed by atoms with Crippen LogP contribution in [0.5, 0.6) is 5.75 Å². The number of nitrogens with zero attached hydrogens (tertiary/aromatic N) is 2. The average Bonchev–Trinajstić information content (AvgIpc) is 2.42. The molecule has 5 heteroatoms. The van der Waals surface area contributed by atoms with Gasteiger partial charge in [0.15, 0.2) is 5.82 Å². The fraction of sp³-hybridized carbons (Fsp3) is 0.231. The molecule has 0 saturated carbocycles. The first-order chi connectivity index (χ1) is 8.84. The smallest absolute Gasteiger partial charge is 0.153 e. The van der Waals surface area contributed by atoms with E-state index >= 15 is 0 Å². The van der Waals surface area contributed by atoms with E-state index in [1.54, 1.807) is 6.20 Å². The first-order valence-electron chi connectivity index (χ1n) is 5.88. The highest BCUT2D eigenvalue weighted by Gasteiger charge is 2.21. The highest BCUT2D eigenvalue weighted by Crippen LogP contribution is 2.34. The minimum absolute atomic E-state index is 0.173. The lowest BCUT2D eigenvalue weighted by Crippen LogP contribution is -2.21. The van der Waals surface area contributed by atoms with Gasteiger partial charge in [0.05, 0.1) is 24.5 Å². The second-order valence-electron chi connectivity index (χ2n) is 4.20. The molecule has 0 spiro atoms. The SMILES string of the molecule is Nc1cncnc1NC1CCOc2ccccc21. The first-order valence-corrected chi connectivity index (χ1v) is 5.88. The second kappa shape index (κ2) is 4.52. The number of fused-ring (bicyclic) bond motifs is 1. The van der Waals surface area contributed by atoms with E-state index < -0.39 is 0 Å². The van der Waals surface area contributed by atoms with Crippen LogP contribution in [0.3, 0.4) is 0 Å². The Morgan fingerprint density at radius 2 is 2.22 bits per heavy atom. The monoisotopic (exact) mass is 242 g/mol. The molecule has 18 heavy (non-hydrogen) atoms. The summed E-state index contributed by atoms with van der Waals surface area (Å²) in [6.45, 7) is 0.694. The van der Waals surface area contributed by atoms with Crippen molar-refractivity contribution >= 4 is 11.5 Å². The molecule has 1 aromatic heterocycles. The molecule has 0 aliphatic carbocycles. The molecule has 3 N–H and O–H groups in total. The maximum absolute atomic E-state index is 5.84. The number of para-hydroxylation sites is 1. The molecule has 1 atom stereocenters. The minimum Gasteiger partial charge on any atom is -0.493 e. The van der Waals surface area contributed by atoms with E-state index in [1.165, 1.54) is 6.33 Å². The van der Waals surface area contributed by atoms with Crippen LogP contribution in [0.1, 0.15) is 18.0 Å². The molecule has 1 aromatic carbocycles. The topological polar surface area (TPSA) is 73.1 Å². The van der Waals surface area contributed by atoms with E-state index in [0.717, 1.165) is 17.7 Å². The largest absolute Gasteiger partial charge is 0.493 e. The van der Waals surface area contributed by atoms with Gasteiger partial charge in [0.25, 0.3) is 0 Å². The Kier molecular flexibility index (Phi) is 2.72.